The minimum Gasteiger partial charge on any atom is -0.462 e. The van der Waals surface area contributed by atoms with E-state index in [0.717, 1.165) is 11.1 Å². The lowest BCUT2D eigenvalue weighted by Gasteiger charge is -2.13. The predicted molar refractivity (Wildman–Crippen MR) is 124 cm³/mol. The van der Waals surface area contributed by atoms with Gasteiger partial charge in [0.2, 0.25) is 11.6 Å². The Kier molecular flexibility index (Phi) is 6.07. The van der Waals surface area contributed by atoms with Crippen LogP contribution in [0.3, 0.4) is 0 Å². The summed E-state index contributed by atoms with van der Waals surface area (Å²) in [4.78, 5) is 36.4. The average molecular weight is 444 g/mol. The van der Waals surface area contributed by atoms with Gasteiger partial charge in [0.05, 0.1) is 34.0 Å². The molecule has 4 rings (SSSR count). The number of fused-ring (bicyclic) bond motifs is 1. The lowest BCUT2D eigenvalue weighted by atomic mass is 10.1. The van der Waals surface area contributed by atoms with E-state index in [2.05, 4.69) is 25.6 Å². The third-order valence-electron chi connectivity index (χ3n) is 4.79. The zero-order valence-corrected chi connectivity index (χ0v) is 17.9. The van der Waals surface area contributed by atoms with Crippen molar-refractivity contribution in [1.82, 2.24) is 15.0 Å². The maximum absolute atomic E-state index is 12.3. The molecule has 10 heteroatoms. The standard InChI is InChI=1S/C23H20N6O4/c1-3-33-23(30)16-8-4-5-9-17(16)27-21-20(29(31)32)22(25-13-24-21)28-18-10-6-7-15-12-11-14(2)26-19(15)18/h4-13H,3H2,1-2H3,(H2,24,25,27,28). The highest BCUT2D eigenvalue weighted by Crippen LogP contribution is 2.35. The van der Waals surface area contributed by atoms with Crippen molar-refractivity contribution in [1.29, 1.82) is 0 Å². The number of benzene rings is 2. The molecule has 0 aliphatic heterocycles. The number of carbonyl (C=O) groups is 1. The first-order chi connectivity index (χ1) is 16.0. The van der Waals surface area contributed by atoms with Gasteiger partial charge in [0, 0.05) is 11.1 Å². The number of esters is 1. The van der Waals surface area contributed by atoms with Crippen LogP contribution >= 0.6 is 0 Å². The van der Waals surface area contributed by atoms with E-state index in [9.17, 15) is 14.9 Å². The van der Waals surface area contributed by atoms with Crippen LogP contribution in [0.15, 0.2) is 60.9 Å². The van der Waals surface area contributed by atoms with Gasteiger partial charge in [-0.05, 0) is 38.1 Å². The maximum Gasteiger partial charge on any atom is 0.353 e. The summed E-state index contributed by atoms with van der Waals surface area (Å²) in [5, 5.41) is 18.8. The van der Waals surface area contributed by atoms with Crippen molar-refractivity contribution in [2.45, 2.75) is 13.8 Å². The zero-order valence-electron chi connectivity index (χ0n) is 17.9. The quantitative estimate of drug-likeness (QED) is 0.232. The van der Waals surface area contributed by atoms with Gasteiger partial charge in [-0.25, -0.2) is 14.8 Å². The molecule has 0 saturated carbocycles. The van der Waals surface area contributed by atoms with Crippen LogP contribution in [0.25, 0.3) is 10.9 Å². The smallest absolute Gasteiger partial charge is 0.353 e. The molecule has 0 aliphatic rings. The van der Waals surface area contributed by atoms with Crippen LogP contribution < -0.4 is 10.6 Å². The number of nitro groups is 1. The Balaban J connectivity index is 1.75. The van der Waals surface area contributed by atoms with Crippen LogP contribution in [0.1, 0.15) is 23.0 Å². The lowest BCUT2D eigenvalue weighted by molar-refractivity contribution is -0.383. The number of hydrogen-bond donors (Lipinski definition) is 2. The molecular weight excluding hydrogens is 424 g/mol. The summed E-state index contributed by atoms with van der Waals surface area (Å²) in [6.45, 7) is 3.77. The summed E-state index contributed by atoms with van der Waals surface area (Å²) in [7, 11) is 0. The molecule has 2 heterocycles. The van der Waals surface area contributed by atoms with E-state index in [1.165, 1.54) is 6.33 Å². The summed E-state index contributed by atoms with van der Waals surface area (Å²) >= 11 is 0. The molecule has 166 valence electrons. The first-order valence-corrected chi connectivity index (χ1v) is 10.1. The molecule has 2 N–H and O–H groups in total. The number of para-hydroxylation sites is 2. The first-order valence-electron chi connectivity index (χ1n) is 10.1. The molecule has 10 nitrogen and oxygen atoms in total. The number of nitrogens with one attached hydrogen (secondary N) is 2. The summed E-state index contributed by atoms with van der Waals surface area (Å²) in [5.74, 6) is -0.631. The molecule has 0 unspecified atom stereocenters. The van der Waals surface area contributed by atoms with E-state index in [1.807, 2.05) is 31.2 Å². The number of ether oxygens (including phenoxy) is 1. The average Bonchev–Trinajstić information content (AvgIpc) is 2.80. The van der Waals surface area contributed by atoms with E-state index >= 15 is 0 Å². The first kappa shape index (κ1) is 21.6. The Labute approximate surface area is 188 Å². The van der Waals surface area contributed by atoms with Gasteiger partial charge in [-0.15, -0.1) is 0 Å². The van der Waals surface area contributed by atoms with Crippen molar-refractivity contribution in [2.75, 3.05) is 17.2 Å². The van der Waals surface area contributed by atoms with Gasteiger partial charge in [-0.2, -0.15) is 0 Å². The highest BCUT2D eigenvalue weighted by molar-refractivity contribution is 5.97. The van der Waals surface area contributed by atoms with Crippen molar-refractivity contribution in [3.63, 3.8) is 0 Å². The number of pyridine rings is 1. The molecule has 2 aromatic carbocycles. The summed E-state index contributed by atoms with van der Waals surface area (Å²) in [6, 6.07) is 15.9. The highest BCUT2D eigenvalue weighted by atomic mass is 16.6. The monoisotopic (exact) mass is 444 g/mol. The molecule has 33 heavy (non-hydrogen) atoms. The van der Waals surface area contributed by atoms with E-state index in [4.69, 9.17) is 4.74 Å². The summed E-state index contributed by atoms with van der Waals surface area (Å²) in [6.07, 6.45) is 1.20. The van der Waals surface area contributed by atoms with Crippen LogP contribution in [0.4, 0.5) is 28.7 Å². The van der Waals surface area contributed by atoms with Crippen molar-refractivity contribution < 1.29 is 14.5 Å². The Bertz CT molecular complexity index is 1360. The Hall–Kier alpha value is -4.60. The zero-order chi connectivity index (χ0) is 23.4. The molecule has 4 aromatic rings. The fourth-order valence-corrected chi connectivity index (χ4v) is 3.31. The second kappa shape index (κ2) is 9.27. The van der Waals surface area contributed by atoms with E-state index < -0.39 is 10.9 Å². The van der Waals surface area contributed by atoms with Crippen LogP contribution in [-0.4, -0.2) is 32.5 Å². The van der Waals surface area contributed by atoms with Crippen molar-refractivity contribution in [2.24, 2.45) is 0 Å². The molecule has 0 atom stereocenters. The van der Waals surface area contributed by atoms with Gasteiger partial charge >= 0.3 is 11.7 Å². The van der Waals surface area contributed by atoms with Crippen LogP contribution in [0, 0.1) is 17.0 Å². The molecule has 0 bridgehead atoms. The fourth-order valence-electron chi connectivity index (χ4n) is 3.31. The molecule has 0 amide bonds. The second-order valence-electron chi connectivity index (χ2n) is 7.02. The molecule has 0 spiro atoms. The number of anilines is 4. The van der Waals surface area contributed by atoms with Gasteiger partial charge in [-0.1, -0.05) is 30.3 Å². The summed E-state index contributed by atoms with van der Waals surface area (Å²) < 4.78 is 5.07. The number of nitrogens with zero attached hydrogens (tertiary/aromatic N) is 4. The normalized spacial score (nSPS) is 10.6. The molecule has 2 aromatic heterocycles. The predicted octanol–water partition coefficient (Wildman–Crippen LogP) is 4.91. The Morgan fingerprint density at radius 1 is 1.00 bits per heavy atom. The van der Waals surface area contributed by atoms with Crippen LogP contribution in [-0.2, 0) is 4.74 Å². The number of aryl methyl sites for hydroxylation is 1. The fraction of sp³-hybridized carbons (Fsp3) is 0.130. The third-order valence-corrected chi connectivity index (χ3v) is 4.79. The minimum absolute atomic E-state index is 0.0121. The highest BCUT2D eigenvalue weighted by Gasteiger charge is 2.25. The van der Waals surface area contributed by atoms with Crippen molar-refractivity contribution in [3.05, 3.63) is 82.3 Å². The lowest BCUT2D eigenvalue weighted by Crippen LogP contribution is -2.10. The van der Waals surface area contributed by atoms with Crippen molar-refractivity contribution in [3.8, 4) is 0 Å². The molecule has 0 aliphatic carbocycles. The third kappa shape index (κ3) is 4.54. The second-order valence-corrected chi connectivity index (χ2v) is 7.02. The van der Waals surface area contributed by atoms with Crippen LogP contribution in [0.2, 0.25) is 0 Å². The molecule has 0 radical (unpaired) electrons. The van der Waals surface area contributed by atoms with E-state index in [-0.39, 0.29) is 29.5 Å². The van der Waals surface area contributed by atoms with E-state index in [0.29, 0.717) is 16.9 Å². The number of carbonyl (C=O) groups excluding carboxylic acids is 1. The molecular formula is C23H20N6O4. The van der Waals surface area contributed by atoms with Gasteiger partial charge in [-0.3, -0.25) is 15.1 Å². The topological polar surface area (TPSA) is 132 Å². The number of hydrogen-bond acceptors (Lipinski definition) is 9. The van der Waals surface area contributed by atoms with Gasteiger partial charge in [0.1, 0.15) is 6.33 Å². The van der Waals surface area contributed by atoms with Crippen LogP contribution in [0.5, 0.6) is 0 Å². The minimum atomic E-state index is -0.582. The van der Waals surface area contributed by atoms with Gasteiger partial charge in [0.15, 0.2) is 0 Å². The molecule has 0 fully saturated rings. The SMILES string of the molecule is CCOC(=O)c1ccccc1Nc1ncnc(Nc2cccc3ccc(C)nc23)c1[N+](=O)[O-]. The van der Waals surface area contributed by atoms with Gasteiger partial charge < -0.3 is 15.4 Å². The number of rotatable bonds is 7. The number of aromatic nitrogens is 3. The summed E-state index contributed by atoms with van der Waals surface area (Å²) in [5.41, 5.74) is 2.22. The van der Waals surface area contributed by atoms with Crippen molar-refractivity contribution >= 4 is 45.6 Å². The van der Waals surface area contributed by atoms with Gasteiger partial charge in [0.25, 0.3) is 0 Å². The molecule has 0 saturated heterocycles. The van der Waals surface area contributed by atoms with E-state index in [1.54, 1.807) is 37.3 Å². The maximum atomic E-state index is 12.3. The largest absolute Gasteiger partial charge is 0.462 e. The Morgan fingerprint density at radius 2 is 1.70 bits per heavy atom. The Morgan fingerprint density at radius 3 is 2.42 bits per heavy atom.